The van der Waals surface area contributed by atoms with Crippen molar-refractivity contribution < 1.29 is 0 Å². The van der Waals surface area contributed by atoms with Gasteiger partial charge in [-0.15, -0.1) is 0 Å². The van der Waals surface area contributed by atoms with Crippen molar-refractivity contribution >= 4 is 35.0 Å². The van der Waals surface area contributed by atoms with E-state index < -0.39 is 0 Å². The van der Waals surface area contributed by atoms with Crippen LogP contribution < -0.4 is 5.32 Å². The molecule has 0 amide bonds. The minimum atomic E-state index is 0.317. The van der Waals surface area contributed by atoms with Crippen molar-refractivity contribution in [2.75, 3.05) is 6.54 Å². The second-order valence-corrected chi connectivity index (χ2v) is 6.88. The molecule has 0 aliphatic rings. The van der Waals surface area contributed by atoms with Crippen molar-refractivity contribution in [1.82, 2.24) is 5.32 Å². The number of nitrogens with one attached hydrogen (secondary N) is 1. The Hall–Kier alpha value is -0.670. The van der Waals surface area contributed by atoms with Crippen molar-refractivity contribution in [3.63, 3.8) is 0 Å². The SMILES string of the molecule is CCCNC(C)c1ccc(Sc2ccc(Cl)cc2)c(Cl)c1. The van der Waals surface area contributed by atoms with Crippen LogP contribution >= 0.6 is 35.0 Å². The Kier molecular flexibility index (Phi) is 6.43. The Morgan fingerprint density at radius 1 is 1.10 bits per heavy atom. The van der Waals surface area contributed by atoms with Crippen LogP contribution in [0.25, 0.3) is 0 Å². The standard InChI is InChI=1S/C17H19Cl2NS/c1-3-10-20-12(2)13-4-9-17(16(19)11-13)21-15-7-5-14(18)6-8-15/h4-9,11-12,20H,3,10H2,1-2H3. The lowest BCUT2D eigenvalue weighted by Crippen LogP contribution is -2.19. The van der Waals surface area contributed by atoms with Gasteiger partial charge in [0.1, 0.15) is 0 Å². The Morgan fingerprint density at radius 2 is 1.81 bits per heavy atom. The maximum absolute atomic E-state index is 6.41. The number of hydrogen-bond acceptors (Lipinski definition) is 2. The summed E-state index contributed by atoms with van der Waals surface area (Å²) >= 11 is 14.0. The monoisotopic (exact) mass is 339 g/mol. The fraction of sp³-hybridized carbons (Fsp3) is 0.294. The van der Waals surface area contributed by atoms with Crippen LogP contribution in [0.4, 0.5) is 0 Å². The summed E-state index contributed by atoms with van der Waals surface area (Å²) in [6, 6.07) is 14.4. The zero-order valence-electron chi connectivity index (χ0n) is 12.2. The van der Waals surface area contributed by atoms with Gasteiger partial charge in [-0.2, -0.15) is 0 Å². The molecule has 0 spiro atoms. The molecular formula is C17H19Cl2NS. The number of rotatable bonds is 6. The van der Waals surface area contributed by atoms with Gasteiger partial charge in [0.15, 0.2) is 0 Å². The summed E-state index contributed by atoms with van der Waals surface area (Å²) in [6.07, 6.45) is 1.13. The van der Waals surface area contributed by atoms with Gasteiger partial charge >= 0.3 is 0 Å². The maximum atomic E-state index is 6.41. The first kappa shape index (κ1) is 16.7. The highest BCUT2D eigenvalue weighted by Crippen LogP contribution is 2.35. The van der Waals surface area contributed by atoms with Gasteiger partial charge in [0.2, 0.25) is 0 Å². The smallest absolute Gasteiger partial charge is 0.0548 e. The molecule has 0 bridgehead atoms. The Balaban J connectivity index is 2.10. The Morgan fingerprint density at radius 3 is 2.43 bits per heavy atom. The molecule has 2 aromatic rings. The zero-order valence-corrected chi connectivity index (χ0v) is 14.5. The molecule has 0 aromatic heterocycles. The summed E-state index contributed by atoms with van der Waals surface area (Å²) in [6.45, 7) is 5.34. The fourth-order valence-electron chi connectivity index (χ4n) is 1.98. The van der Waals surface area contributed by atoms with Crippen molar-refractivity contribution in [3.05, 3.63) is 58.1 Å². The first-order chi connectivity index (χ1) is 10.1. The first-order valence-electron chi connectivity index (χ1n) is 7.06. The summed E-state index contributed by atoms with van der Waals surface area (Å²) in [4.78, 5) is 2.19. The van der Waals surface area contributed by atoms with Crippen LogP contribution in [0.1, 0.15) is 31.9 Å². The number of benzene rings is 2. The normalized spacial score (nSPS) is 12.4. The van der Waals surface area contributed by atoms with Crippen LogP contribution in [0.3, 0.4) is 0 Å². The molecule has 0 saturated carbocycles. The van der Waals surface area contributed by atoms with Gasteiger partial charge in [-0.1, -0.05) is 48.0 Å². The molecule has 0 radical (unpaired) electrons. The van der Waals surface area contributed by atoms with E-state index in [1.165, 1.54) is 5.56 Å². The van der Waals surface area contributed by atoms with Gasteiger partial charge in [-0.05, 0) is 61.9 Å². The molecule has 2 aromatic carbocycles. The van der Waals surface area contributed by atoms with Crippen LogP contribution in [-0.4, -0.2) is 6.54 Å². The molecule has 1 unspecified atom stereocenters. The predicted molar refractivity (Wildman–Crippen MR) is 93.7 cm³/mol. The molecule has 4 heteroatoms. The van der Waals surface area contributed by atoms with Crippen molar-refractivity contribution in [2.45, 2.75) is 36.1 Å². The topological polar surface area (TPSA) is 12.0 Å². The second kappa shape index (κ2) is 8.09. The average Bonchev–Trinajstić information content (AvgIpc) is 2.49. The largest absolute Gasteiger partial charge is 0.310 e. The van der Waals surface area contributed by atoms with Crippen LogP contribution in [-0.2, 0) is 0 Å². The second-order valence-electron chi connectivity index (χ2n) is 4.92. The highest BCUT2D eigenvalue weighted by Gasteiger charge is 2.08. The fourth-order valence-corrected chi connectivity index (χ4v) is 3.23. The van der Waals surface area contributed by atoms with E-state index in [-0.39, 0.29) is 0 Å². The van der Waals surface area contributed by atoms with E-state index in [2.05, 4.69) is 31.3 Å². The lowest BCUT2D eigenvalue weighted by molar-refractivity contribution is 0.570. The van der Waals surface area contributed by atoms with E-state index in [1.54, 1.807) is 11.8 Å². The molecule has 21 heavy (non-hydrogen) atoms. The van der Waals surface area contributed by atoms with E-state index in [0.717, 1.165) is 32.8 Å². The minimum absolute atomic E-state index is 0.317. The lowest BCUT2D eigenvalue weighted by Gasteiger charge is -2.15. The summed E-state index contributed by atoms with van der Waals surface area (Å²) in [7, 11) is 0. The summed E-state index contributed by atoms with van der Waals surface area (Å²) < 4.78 is 0. The van der Waals surface area contributed by atoms with E-state index in [0.29, 0.717) is 6.04 Å². The zero-order chi connectivity index (χ0) is 15.2. The molecule has 1 nitrogen and oxygen atoms in total. The van der Waals surface area contributed by atoms with E-state index in [9.17, 15) is 0 Å². The molecule has 2 rings (SSSR count). The summed E-state index contributed by atoms with van der Waals surface area (Å²) in [5.41, 5.74) is 1.22. The molecule has 112 valence electrons. The molecule has 0 aliphatic heterocycles. The third-order valence-corrected chi connectivity index (χ3v) is 4.96. The third kappa shape index (κ3) is 4.93. The van der Waals surface area contributed by atoms with Crippen molar-refractivity contribution in [2.24, 2.45) is 0 Å². The Bertz CT molecular complexity index is 584. The van der Waals surface area contributed by atoms with E-state index in [1.807, 2.05) is 30.3 Å². The van der Waals surface area contributed by atoms with Crippen LogP contribution in [0, 0.1) is 0 Å². The first-order valence-corrected chi connectivity index (χ1v) is 8.63. The van der Waals surface area contributed by atoms with Crippen LogP contribution in [0.15, 0.2) is 52.3 Å². The molecule has 0 fully saturated rings. The molecule has 1 N–H and O–H groups in total. The highest BCUT2D eigenvalue weighted by atomic mass is 35.5. The quantitative estimate of drug-likeness (QED) is 0.671. The van der Waals surface area contributed by atoms with Crippen molar-refractivity contribution in [1.29, 1.82) is 0 Å². The number of halogens is 2. The van der Waals surface area contributed by atoms with Gasteiger partial charge in [-0.3, -0.25) is 0 Å². The molecule has 0 aliphatic carbocycles. The molecule has 1 atom stereocenters. The average molecular weight is 340 g/mol. The molecule has 0 saturated heterocycles. The number of hydrogen-bond donors (Lipinski definition) is 1. The Labute approximate surface area is 141 Å². The van der Waals surface area contributed by atoms with E-state index in [4.69, 9.17) is 23.2 Å². The van der Waals surface area contributed by atoms with Gasteiger partial charge < -0.3 is 5.32 Å². The van der Waals surface area contributed by atoms with E-state index >= 15 is 0 Å². The van der Waals surface area contributed by atoms with Crippen molar-refractivity contribution in [3.8, 4) is 0 Å². The summed E-state index contributed by atoms with van der Waals surface area (Å²) in [5, 5.41) is 5.01. The lowest BCUT2D eigenvalue weighted by atomic mass is 10.1. The van der Waals surface area contributed by atoms with Crippen LogP contribution in [0.2, 0.25) is 10.0 Å². The molecular weight excluding hydrogens is 321 g/mol. The predicted octanol–water partition coefficient (Wildman–Crippen LogP) is 6.21. The van der Waals surface area contributed by atoms with Gasteiger partial charge in [0, 0.05) is 20.9 Å². The van der Waals surface area contributed by atoms with Gasteiger partial charge in [0.05, 0.1) is 5.02 Å². The highest BCUT2D eigenvalue weighted by molar-refractivity contribution is 7.99. The third-order valence-electron chi connectivity index (χ3n) is 3.20. The van der Waals surface area contributed by atoms with Gasteiger partial charge in [-0.25, -0.2) is 0 Å². The van der Waals surface area contributed by atoms with Crippen LogP contribution in [0.5, 0.6) is 0 Å². The summed E-state index contributed by atoms with van der Waals surface area (Å²) in [5.74, 6) is 0. The van der Waals surface area contributed by atoms with Gasteiger partial charge in [0.25, 0.3) is 0 Å². The maximum Gasteiger partial charge on any atom is 0.0548 e. The molecule has 0 heterocycles. The minimum Gasteiger partial charge on any atom is -0.310 e.